The Kier molecular flexibility index (Phi) is 5.59. The van der Waals surface area contributed by atoms with E-state index in [4.69, 9.17) is 4.52 Å². The zero-order chi connectivity index (χ0) is 20.2. The zero-order valence-electron chi connectivity index (χ0n) is 16.9. The fourth-order valence-corrected chi connectivity index (χ4v) is 3.83. The predicted molar refractivity (Wildman–Crippen MR) is 114 cm³/mol. The molecule has 3 aromatic rings. The van der Waals surface area contributed by atoms with Gasteiger partial charge in [-0.3, -0.25) is 0 Å². The van der Waals surface area contributed by atoms with Crippen LogP contribution in [-0.4, -0.2) is 29.8 Å². The topological polar surface area (TPSA) is 86.8 Å². The van der Waals surface area contributed by atoms with Crippen LogP contribution in [0.25, 0.3) is 22.8 Å². The van der Waals surface area contributed by atoms with E-state index >= 15 is 0 Å². The molecule has 0 spiro atoms. The second-order valence-corrected chi connectivity index (χ2v) is 7.35. The van der Waals surface area contributed by atoms with Crippen LogP contribution in [0, 0.1) is 18.3 Å². The summed E-state index contributed by atoms with van der Waals surface area (Å²) < 4.78 is 5.55. The summed E-state index contributed by atoms with van der Waals surface area (Å²) >= 11 is 0. The second kappa shape index (κ2) is 8.46. The average Bonchev–Trinajstić information content (AvgIpc) is 3.10. The van der Waals surface area contributed by atoms with Gasteiger partial charge in [0.25, 0.3) is 5.89 Å². The second-order valence-electron chi connectivity index (χ2n) is 7.35. The van der Waals surface area contributed by atoms with Gasteiger partial charge in [0, 0.05) is 17.7 Å². The number of nitriles is 1. The summed E-state index contributed by atoms with van der Waals surface area (Å²) in [5.74, 6) is 1.01. The monoisotopic (exact) mass is 387 g/mol. The normalized spacial score (nSPS) is 13.4. The number of nitrogens with one attached hydrogen (secondary N) is 2. The smallest absolute Gasteiger partial charge is 0.258 e. The first-order valence-corrected chi connectivity index (χ1v) is 10.2. The lowest BCUT2D eigenvalue weighted by atomic mass is 9.93. The summed E-state index contributed by atoms with van der Waals surface area (Å²) in [4.78, 5) is 4.63. The maximum atomic E-state index is 9.48. The molecule has 0 radical (unpaired) electrons. The Hall–Kier alpha value is -3.17. The van der Waals surface area contributed by atoms with Gasteiger partial charge < -0.3 is 15.2 Å². The van der Waals surface area contributed by atoms with Crippen molar-refractivity contribution in [2.24, 2.45) is 0 Å². The van der Waals surface area contributed by atoms with Crippen LogP contribution in [0.15, 0.2) is 34.9 Å². The molecule has 0 aliphatic carbocycles. The molecular weight excluding hydrogens is 362 g/mol. The van der Waals surface area contributed by atoms with Crippen molar-refractivity contribution in [2.75, 3.05) is 25.0 Å². The third-order valence-corrected chi connectivity index (χ3v) is 5.44. The summed E-state index contributed by atoms with van der Waals surface area (Å²) in [6.07, 6.45) is 3.05. The standard InChI is InChI=1S/C23H25N5O/c1-3-10-26-21-7-5-17(13-18(21)14-24)23-27-22(28-29-23)20-6-4-16-8-11-25-12-9-19(16)15(20)2/h4-7,13,25-26H,3,8-12H2,1-2H3. The molecule has 2 heterocycles. The Morgan fingerprint density at radius 1 is 1.21 bits per heavy atom. The largest absolute Gasteiger partial charge is 0.384 e. The molecule has 2 N–H and O–H groups in total. The van der Waals surface area contributed by atoms with E-state index in [1.807, 2.05) is 12.1 Å². The van der Waals surface area contributed by atoms with Gasteiger partial charge in [-0.25, -0.2) is 0 Å². The number of hydrogen-bond donors (Lipinski definition) is 2. The van der Waals surface area contributed by atoms with Crippen LogP contribution in [-0.2, 0) is 12.8 Å². The van der Waals surface area contributed by atoms with Crippen LogP contribution < -0.4 is 10.6 Å². The Labute approximate surface area is 171 Å². The van der Waals surface area contributed by atoms with Gasteiger partial charge in [0.2, 0.25) is 5.82 Å². The van der Waals surface area contributed by atoms with Gasteiger partial charge in [-0.15, -0.1) is 0 Å². The van der Waals surface area contributed by atoms with Gasteiger partial charge >= 0.3 is 0 Å². The van der Waals surface area contributed by atoms with Crippen molar-refractivity contribution >= 4 is 5.69 Å². The number of rotatable bonds is 5. The maximum absolute atomic E-state index is 9.48. The molecular formula is C23H25N5O. The van der Waals surface area contributed by atoms with E-state index in [9.17, 15) is 5.26 Å². The molecule has 0 fully saturated rings. The third kappa shape index (κ3) is 3.87. The van der Waals surface area contributed by atoms with Crippen molar-refractivity contribution in [3.8, 4) is 28.9 Å². The van der Waals surface area contributed by atoms with Crippen molar-refractivity contribution in [2.45, 2.75) is 33.1 Å². The van der Waals surface area contributed by atoms with Crippen LogP contribution in [0.1, 0.15) is 35.6 Å². The lowest BCUT2D eigenvalue weighted by Gasteiger charge is -2.12. The zero-order valence-corrected chi connectivity index (χ0v) is 16.9. The third-order valence-electron chi connectivity index (χ3n) is 5.44. The molecule has 0 saturated heterocycles. The Morgan fingerprint density at radius 3 is 2.90 bits per heavy atom. The Bertz CT molecular complexity index is 1060. The number of benzene rings is 2. The summed E-state index contributed by atoms with van der Waals surface area (Å²) in [5.41, 5.74) is 7.15. The lowest BCUT2D eigenvalue weighted by molar-refractivity contribution is 0.432. The lowest BCUT2D eigenvalue weighted by Crippen LogP contribution is -2.16. The fourth-order valence-electron chi connectivity index (χ4n) is 3.83. The molecule has 1 aliphatic heterocycles. The molecule has 2 aromatic carbocycles. The van der Waals surface area contributed by atoms with Crippen molar-refractivity contribution in [1.29, 1.82) is 5.26 Å². The highest BCUT2D eigenvalue weighted by Crippen LogP contribution is 2.30. The Morgan fingerprint density at radius 2 is 2.07 bits per heavy atom. The van der Waals surface area contributed by atoms with Crippen LogP contribution in [0.3, 0.4) is 0 Å². The molecule has 148 valence electrons. The molecule has 0 amide bonds. The number of fused-ring (bicyclic) bond motifs is 1. The van der Waals surface area contributed by atoms with E-state index < -0.39 is 0 Å². The van der Waals surface area contributed by atoms with E-state index in [2.05, 4.69) is 52.8 Å². The van der Waals surface area contributed by atoms with Crippen LogP contribution in [0.2, 0.25) is 0 Å². The molecule has 6 nitrogen and oxygen atoms in total. The van der Waals surface area contributed by atoms with Crippen molar-refractivity contribution < 1.29 is 4.52 Å². The van der Waals surface area contributed by atoms with Crippen LogP contribution in [0.5, 0.6) is 0 Å². The van der Waals surface area contributed by atoms with E-state index in [1.54, 1.807) is 6.07 Å². The predicted octanol–water partition coefficient (Wildman–Crippen LogP) is 4.09. The first kappa shape index (κ1) is 19.2. The maximum Gasteiger partial charge on any atom is 0.258 e. The molecule has 4 rings (SSSR count). The average molecular weight is 387 g/mol. The van der Waals surface area contributed by atoms with Gasteiger partial charge in [-0.05, 0) is 74.2 Å². The van der Waals surface area contributed by atoms with Crippen LogP contribution in [0.4, 0.5) is 5.69 Å². The highest BCUT2D eigenvalue weighted by molar-refractivity contribution is 5.69. The summed E-state index contributed by atoms with van der Waals surface area (Å²) in [6, 6.07) is 12.1. The van der Waals surface area contributed by atoms with Crippen molar-refractivity contribution in [3.05, 3.63) is 52.6 Å². The molecule has 1 aliphatic rings. The number of aromatic nitrogens is 2. The van der Waals surface area contributed by atoms with Gasteiger partial charge in [0.15, 0.2) is 0 Å². The van der Waals surface area contributed by atoms with E-state index in [0.29, 0.717) is 17.3 Å². The minimum atomic E-state index is 0.426. The SMILES string of the molecule is CCCNc1ccc(-c2nc(-c3ccc4c(c3C)CCNCC4)no2)cc1C#N. The molecule has 29 heavy (non-hydrogen) atoms. The summed E-state index contributed by atoms with van der Waals surface area (Å²) in [6.45, 7) is 7.06. The molecule has 0 unspecified atom stereocenters. The summed E-state index contributed by atoms with van der Waals surface area (Å²) in [5, 5.41) is 20.4. The molecule has 1 aromatic heterocycles. The highest BCUT2D eigenvalue weighted by atomic mass is 16.5. The van der Waals surface area contributed by atoms with Crippen LogP contribution >= 0.6 is 0 Å². The number of nitrogens with zero attached hydrogens (tertiary/aromatic N) is 3. The van der Waals surface area contributed by atoms with Gasteiger partial charge in [0.1, 0.15) is 6.07 Å². The van der Waals surface area contributed by atoms with E-state index in [-0.39, 0.29) is 0 Å². The van der Waals surface area contributed by atoms with E-state index in [1.165, 1.54) is 16.7 Å². The minimum Gasteiger partial charge on any atom is -0.384 e. The first-order valence-electron chi connectivity index (χ1n) is 10.2. The van der Waals surface area contributed by atoms with Gasteiger partial charge in [-0.1, -0.05) is 24.2 Å². The Balaban J connectivity index is 1.66. The number of anilines is 1. The highest BCUT2D eigenvalue weighted by Gasteiger charge is 2.18. The molecule has 6 heteroatoms. The van der Waals surface area contributed by atoms with Crippen molar-refractivity contribution in [3.63, 3.8) is 0 Å². The molecule has 0 saturated carbocycles. The van der Waals surface area contributed by atoms with Gasteiger partial charge in [-0.2, -0.15) is 10.2 Å². The van der Waals surface area contributed by atoms with Gasteiger partial charge in [0.05, 0.1) is 11.3 Å². The van der Waals surface area contributed by atoms with Crippen molar-refractivity contribution in [1.82, 2.24) is 15.5 Å². The van der Waals surface area contributed by atoms with E-state index in [0.717, 1.165) is 55.7 Å². The number of hydrogen-bond acceptors (Lipinski definition) is 6. The quantitative estimate of drug-likeness (QED) is 0.686. The fraction of sp³-hybridized carbons (Fsp3) is 0.348. The first-order chi connectivity index (χ1) is 14.2. The molecule has 0 atom stereocenters. The molecule has 0 bridgehead atoms. The summed E-state index contributed by atoms with van der Waals surface area (Å²) in [7, 11) is 0. The minimum absolute atomic E-state index is 0.426.